The Hall–Kier alpha value is -1.11. The predicted molar refractivity (Wildman–Crippen MR) is 94.2 cm³/mol. The van der Waals surface area contributed by atoms with Gasteiger partial charge in [0.1, 0.15) is 4.90 Å². The van der Waals surface area contributed by atoms with Crippen LogP contribution < -0.4 is 5.73 Å². The van der Waals surface area contributed by atoms with Crippen LogP contribution in [0.4, 0.5) is 0 Å². The molecule has 0 atom stereocenters. The summed E-state index contributed by atoms with van der Waals surface area (Å²) in [6, 6.07) is 14.0. The summed E-state index contributed by atoms with van der Waals surface area (Å²) in [4.78, 5) is -0.0590. The first-order chi connectivity index (χ1) is 11.0. The highest BCUT2D eigenvalue weighted by Gasteiger charge is 2.28. The number of hydrogen-bond acceptors (Lipinski definition) is 3. The zero-order valence-electron chi connectivity index (χ0n) is 12.5. The third kappa shape index (κ3) is 4.46. The number of rotatable bonds is 7. The fraction of sp³-hybridized carbons (Fsp3) is 0.250. The Labute approximate surface area is 146 Å². The Morgan fingerprint density at radius 1 is 0.957 bits per heavy atom. The van der Waals surface area contributed by atoms with Gasteiger partial charge in [-0.1, -0.05) is 59.6 Å². The van der Waals surface area contributed by atoms with Crippen molar-refractivity contribution in [2.45, 2.75) is 17.9 Å². The highest BCUT2D eigenvalue weighted by Crippen LogP contribution is 2.32. The molecule has 0 aromatic heterocycles. The van der Waals surface area contributed by atoms with Crippen LogP contribution in [0.3, 0.4) is 0 Å². The molecule has 0 fully saturated rings. The van der Waals surface area contributed by atoms with E-state index in [-0.39, 0.29) is 21.5 Å². The highest BCUT2D eigenvalue weighted by atomic mass is 35.5. The summed E-state index contributed by atoms with van der Waals surface area (Å²) in [5.74, 6) is 0. The molecule has 2 N–H and O–H groups in total. The van der Waals surface area contributed by atoms with E-state index in [1.807, 2.05) is 30.3 Å². The summed E-state index contributed by atoms with van der Waals surface area (Å²) in [7, 11) is -3.82. The maximum Gasteiger partial charge on any atom is 0.246 e. The fourth-order valence-electron chi connectivity index (χ4n) is 2.20. The predicted octanol–water partition coefficient (Wildman–Crippen LogP) is 3.53. The maximum atomic E-state index is 13.0. The van der Waals surface area contributed by atoms with Crippen LogP contribution in [0.2, 0.25) is 10.0 Å². The van der Waals surface area contributed by atoms with Crippen molar-refractivity contribution in [3.8, 4) is 0 Å². The van der Waals surface area contributed by atoms with Gasteiger partial charge in [0.2, 0.25) is 10.0 Å². The molecular formula is C16H18Cl2N2O2S. The van der Waals surface area contributed by atoms with E-state index in [9.17, 15) is 8.42 Å². The van der Waals surface area contributed by atoms with Gasteiger partial charge in [-0.25, -0.2) is 8.42 Å². The molecule has 0 unspecified atom stereocenters. The van der Waals surface area contributed by atoms with E-state index in [0.29, 0.717) is 19.5 Å². The van der Waals surface area contributed by atoms with Crippen molar-refractivity contribution < 1.29 is 8.42 Å². The molecule has 0 amide bonds. The standard InChI is InChI=1S/C16H18Cl2N2O2S/c17-14-8-4-9-15(18)16(14)23(21,22)20(11-5-10-19)12-13-6-2-1-3-7-13/h1-4,6-9H,5,10-12,19H2. The van der Waals surface area contributed by atoms with Crippen LogP contribution in [-0.2, 0) is 16.6 Å². The largest absolute Gasteiger partial charge is 0.330 e. The van der Waals surface area contributed by atoms with Crippen LogP contribution in [0.5, 0.6) is 0 Å². The molecule has 0 saturated carbocycles. The molecule has 0 aliphatic rings. The van der Waals surface area contributed by atoms with Gasteiger partial charge >= 0.3 is 0 Å². The molecule has 0 bridgehead atoms. The van der Waals surface area contributed by atoms with Gasteiger partial charge in [-0.3, -0.25) is 0 Å². The SMILES string of the molecule is NCCCN(Cc1ccccc1)S(=O)(=O)c1c(Cl)cccc1Cl. The lowest BCUT2D eigenvalue weighted by Gasteiger charge is -2.23. The van der Waals surface area contributed by atoms with E-state index < -0.39 is 10.0 Å². The second-order valence-corrected chi connectivity index (χ2v) is 7.71. The molecule has 4 nitrogen and oxygen atoms in total. The minimum absolute atomic E-state index is 0.0590. The number of nitrogens with two attached hydrogens (primary N) is 1. The average molecular weight is 373 g/mol. The van der Waals surface area contributed by atoms with Gasteiger partial charge in [0.15, 0.2) is 0 Å². The first kappa shape index (κ1) is 18.2. The molecule has 0 spiro atoms. The van der Waals surface area contributed by atoms with Gasteiger partial charge in [0.05, 0.1) is 10.0 Å². The molecule has 23 heavy (non-hydrogen) atoms. The zero-order chi connectivity index (χ0) is 16.9. The summed E-state index contributed by atoms with van der Waals surface area (Å²) in [5.41, 5.74) is 6.42. The molecule has 0 aliphatic heterocycles. The molecule has 2 rings (SSSR count). The first-order valence-corrected chi connectivity index (χ1v) is 9.34. The molecular weight excluding hydrogens is 355 g/mol. The minimum Gasteiger partial charge on any atom is -0.330 e. The van der Waals surface area contributed by atoms with Crippen molar-refractivity contribution in [3.63, 3.8) is 0 Å². The lowest BCUT2D eigenvalue weighted by atomic mass is 10.2. The summed E-state index contributed by atoms with van der Waals surface area (Å²) in [5, 5.41) is 0.228. The number of halogens is 2. The van der Waals surface area contributed by atoms with Gasteiger partial charge in [0.25, 0.3) is 0 Å². The van der Waals surface area contributed by atoms with Crippen LogP contribution in [0, 0.1) is 0 Å². The van der Waals surface area contributed by atoms with Crippen LogP contribution in [0.15, 0.2) is 53.4 Å². The van der Waals surface area contributed by atoms with E-state index in [1.54, 1.807) is 6.07 Å². The number of nitrogens with zero attached hydrogens (tertiary/aromatic N) is 1. The van der Waals surface area contributed by atoms with Crippen molar-refractivity contribution in [2.24, 2.45) is 5.73 Å². The summed E-state index contributed by atoms with van der Waals surface area (Å²) >= 11 is 12.2. The highest BCUT2D eigenvalue weighted by molar-refractivity contribution is 7.89. The van der Waals surface area contributed by atoms with Crippen LogP contribution >= 0.6 is 23.2 Å². The molecule has 0 aliphatic carbocycles. The van der Waals surface area contributed by atoms with Crippen LogP contribution in [0.1, 0.15) is 12.0 Å². The molecule has 2 aromatic rings. The quantitative estimate of drug-likeness (QED) is 0.808. The van der Waals surface area contributed by atoms with Crippen molar-refractivity contribution in [1.29, 1.82) is 0 Å². The van der Waals surface area contributed by atoms with Crippen molar-refractivity contribution in [3.05, 3.63) is 64.1 Å². The Balaban J connectivity index is 2.41. The zero-order valence-corrected chi connectivity index (χ0v) is 14.8. The topological polar surface area (TPSA) is 63.4 Å². The molecule has 124 valence electrons. The normalized spacial score (nSPS) is 11.8. The molecule has 0 heterocycles. The van der Waals surface area contributed by atoms with Crippen molar-refractivity contribution in [2.75, 3.05) is 13.1 Å². The van der Waals surface area contributed by atoms with Gasteiger partial charge < -0.3 is 5.73 Å². The maximum absolute atomic E-state index is 13.0. The molecule has 0 radical (unpaired) electrons. The van der Waals surface area contributed by atoms with E-state index >= 15 is 0 Å². The summed E-state index contributed by atoms with van der Waals surface area (Å²) < 4.78 is 27.4. The number of hydrogen-bond donors (Lipinski definition) is 1. The Morgan fingerprint density at radius 3 is 2.13 bits per heavy atom. The van der Waals surface area contributed by atoms with E-state index in [1.165, 1.54) is 16.4 Å². The number of benzene rings is 2. The summed E-state index contributed by atoms with van der Waals surface area (Å²) in [6.45, 7) is 0.942. The second kappa shape index (κ2) is 8.13. The molecule has 2 aromatic carbocycles. The van der Waals surface area contributed by atoms with Crippen LogP contribution in [0.25, 0.3) is 0 Å². The van der Waals surface area contributed by atoms with Crippen molar-refractivity contribution in [1.82, 2.24) is 4.31 Å². The van der Waals surface area contributed by atoms with E-state index in [2.05, 4.69) is 0 Å². The monoisotopic (exact) mass is 372 g/mol. The molecule has 0 saturated heterocycles. The van der Waals surface area contributed by atoms with Crippen molar-refractivity contribution >= 4 is 33.2 Å². The Kier molecular flexibility index (Phi) is 6.44. The molecule has 7 heteroatoms. The van der Waals surface area contributed by atoms with E-state index in [4.69, 9.17) is 28.9 Å². The first-order valence-electron chi connectivity index (χ1n) is 7.15. The lowest BCUT2D eigenvalue weighted by Crippen LogP contribution is -2.33. The smallest absolute Gasteiger partial charge is 0.246 e. The third-order valence-corrected chi connectivity index (χ3v) is 6.13. The van der Waals surface area contributed by atoms with Gasteiger partial charge in [0, 0.05) is 13.1 Å². The average Bonchev–Trinajstić information content (AvgIpc) is 2.52. The fourth-order valence-corrected chi connectivity index (χ4v) is 4.76. The van der Waals surface area contributed by atoms with Gasteiger partial charge in [-0.15, -0.1) is 0 Å². The van der Waals surface area contributed by atoms with Gasteiger partial charge in [-0.05, 0) is 30.7 Å². The third-order valence-electron chi connectivity index (χ3n) is 3.33. The van der Waals surface area contributed by atoms with Gasteiger partial charge in [-0.2, -0.15) is 4.31 Å². The Morgan fingerprint density at radius 2 is 1.57 bits per heavy atom. The summed E-state index contributed by atoms with van der Waals surface area (Å²) in [6.07, 6.45) is 0.550. The number of sulfonamides is 1. The minimum atomic E-state index is -3.82. The second-order valence-electron chi connectivity index (χ2n) is 5.02. The lowest BCUT2D eigenvalue weighted by molar-refractivity contribution is 0.402. The van der Waals surface area contributed by atoms with E-state index in [0.717, 1.165) is 5.56 Å². The van der Waals surface area contributed by atoms with Crippen LogP contribution in [-0.4, -0.2) is 25.8 Å². The Bertz CT molecular complexity index is 732.